The van der Waals surface area contributed by atoms with Crippen LogP contribution in [0.1, 0.15) is 13.3 Å². The van der Waals surface area contributed by atoms with E-state index in [2.05, 4.69) is 5.32 Å². The van der Waals surface area contributed by atoms with Crippen LogP contribution in [0.2, 0.25) is 0 Å². The van der Waals surface area contributed by atoms with Crippen molar-refractivity contribution < 1.29 is 14.7 Å². The van der Waals surface area contributed by atoms with E-state index in [1.54, 1.807) is 6.92 Å². The summed E-state index contributed by atoms with van der Waals surface area (Å²) in [7, 11) is 0. The second kappa shape index (κ2) is 3.35. The van der Waals surface area contributed by atoms with E-state index in [1.807, 2.05) is 0 Å². The summed E-state index contributed by atoms with van der Waals surface area (Å²) < 4.78 is -0.944. The molecular weight excluding hydrogens is 178 g/mol. The zero-order valence-corrected chi connectivity index (χ0v) is 7.61. The summed E-state index contributed by atoms with van der Waals surface area (Å²) in [4.78, 5) is 21.8. The van der Waals surface area contributed by atoms with Gasteiger partial charge in [0.05, 0.1) is 6.42 Å². The quantitative estimate of drug-likeness (QED) is 0.613. The van der Waals surface area contributed by atoms with Crippen LogP contribution in [0.25, 0.3) is 0 Å². The van der Waals surface area contributed by atoms with E-state index in [1.165, 1.54) is 11.8 Å². The molecule has 0 radical (unpaired) electrons. The number of rotatable bonds is 1. The molecule has 1 amide bonds. The maximum Gasteiger partial charge on any atom is 0.320 e. The van der Waals surface area contributed by atoms with E-state index in [-0.39, 0.29) is 12.3 Å². The lowest BCUT2D eigenvalue weighted by Gasteiger charge is -2.19. The highest BCUT2D eigenvalue weighted by atomic mass is 32.2. The van der Waals surface area contributed by atoms with Crippen molar-refractivity contribution in [2.75, 3.05) is 12.3 Å². The molecule has 1 aliphatic heterocycles. The molecule has 0 aromatic heterocycles. The number of amides is 1. The van der Waals surface area contributed by atoms with E-state index in [9.17, 15) is 9.59 Å². The van der Waals surface area contributed by atoms with Gasteiger partial charge in [-0.25, -0.2) is 0 Å². The summed E-state index contributed by atoms with van der Waals surface area (Å²) >= 11 is 1.32. The zero-order chi connectivity index (χ0) is 9.19. The molecule has 12 heavy (non-hydrogen) atoms. The van der Waals surface area contributed by atoms with Gasteiger partial charge in [-0.05, 0) is 6.92 Å². The van der Waals surface area contributed by atoms with Crippen molar-refractivity contribution in [1.82, 2.24) is 5.32 Å². The van der Waals surface area contributed by atoms with E-state index in [4.69, 9.17) is 5.11 Å². The Hall–Kier alpha value is -0.710. The van der Waals surface area contributed by atoms with Gasteiger partial charge in [0, 0.05) is 12.3 Å². The molecule has 0 aromatic carbocycles. The topological polar surface area (TPSA) is 66.4 Å². The summed E-state index contributed by atoms with van der Waals surface area (Å²) in [6.45, 7) is 2.15. The van der Waals surface area contributed by atoms with Crippen molar-refractivity contribution in [2.45, 2.75) is 18.1 Å². The first-order valence-electron chi connectivity index (χ1n) is 3.69. The van der Waals surface area contributed by atoms with Crippen LogP contribution >= 0.6 is 11.8 Å². The standard InChI is InChI=1S/C7H11NO3S/c1-7(6(10)11)4-5(9)8-2-3-12-7/h2-4H2,1H3,(H,8,9)(H,10,11)/t7-/m1/s1. The summed E-state index contributed by atoms with van der Waals surface area (Å²) in [6, 6.07) is 0. The van der Waals surface area contributed by atoms with Crippen LogP contribution in [-0.4, -0.2) is 34.0 Å². The van der Waals surface area contributed by atoms with Crippen molar-refractivity contribution in [1.29, 1.82) is 0 Å². The van der Waals surface area contributed by atoms with Crippen LogP contribution in [0.3, 0.4) is 0 Å². The molecule has 0 saturated carbocycles. The number of nitrogens with one attached hydrogen (secondary N) is 1. The third-order valence-electron chi connectivity index (χ3n) is 1.80. The van der Waals surface area contributed by atoms with E-state index in [0.717, 1.165) is 0 Å². The molecule has 1 saturated heterocycles. The molecule has 4 nitrogen and oxygen atoms in total. The minimum atomic E-state index is -0.944. The van der Waals surface area contributed by atoms with Crippen LogP contribution in [0, 0.1) is 0 Å². The maximum atomic E-state index is 11.0. The molecule has 5 heteroatoms. The van der Waals surface area contributed by atoms with Gasteiger partial charge in [-0.15, -0.1) is 11.8 Å². The van der Waals surface area contributed by atoms with Gasteiger partial charge < -0.3 is 10.4 Å². The zero-order valence-electron chi connectivity index (χ0n) is 6.79. The number of hydrogen-bond donors (Lipinski definition) is 2. The Morgan fingerprint density at radius 2 is 2.42 bits per heavy atom. The fourth-order valence-electron chi connectivity index (χ4n) is 1.02. The van der Waals surface area contributed by atoms with Gasteiger partial charge in [0.1, 0.15) is 4.75 Å². The predicted octanol–water partition coefficient (Wildman–Crippen LogP) is 0.0828. The Kier molecular flexibility index (Phi) is 2.62. The average molecular weight is 189 g/mol. The molecule has 0 aromatic rings. The minimum absolute atomic E-state index is 0.0625. The molecule has 0 unspecified atom stereocenters. The maximum absolute atomic E-state index is 11.0. The Bertz CT molecular complexity index is 219. The van der Waals surface area contributed by atoms with Gasteiger partial charge >= 0.3 is 5.97 Å². The third kappa shape index (κ3) is 1.91. The van der Waals surface area contributed by atoms with Gasteiger partial charge in [0.15, 0.2) is 0 Å². The van der Waals surface area contributed by atoms with Crippen LogP contribution in [0.15, 0.2) is 0 Å². The van der Waals surface area contributed by atoms with Crippen molar-refractivity contribution in [3.8, 4) is 0 Å². The number of thioether (sulfide) groups is 1. The average Bonchev–Trinajstić information content (AvgIpc) is 2.12. The van der Waals surface area contributed by atoms with Gasteiger partial charge in [0.25, 0.3) is 0 Å². The highest BCUT2D eigenvalue weighted by molar-refractivity contribution is 8.01. The smallest absolute Gasteiger partial charge is 0.320 e. The molecule has 1 atom stereocenters. The molecule has 0 aliphatic carbocycles. The molecule has 1 rings (SSSR count). The number of carbonyl (C=O) groups excluding carboxylic acids is 1. The molecule has 1 heterocycles. The number of carboxylic acids is 1. The van der Waals surface area contributed by atoms with E-state index >= 15 is 0 Å². The van der Waals surface area contributed by atoms with Crippen molar-refractivity contribution >= 4 is 23.6 Å². The fraction of sp³-hybridized carbons (Fsp3) is 0.714. The summed E-state index contributed by atoms with van der Waals surface area (Å²) in [5.41, 5.74) is 0. The molecular formula is C7H11NO3S. The normalized spacial score (nSPS) is 30.6. The molecule has 1 aliphatic rings. The van der Waals surface area contributed by atoms with Crippen molar-refractivity contribution in [3.05, 3.63) is 0 Å². The molecule has 2 N–H and O–H groups in total. The SMILES string of the molecule is C[C@]1(C(=O)O)CC(=O)NCCS1. The lowest BCUT2D eigenvalue weighted by Crippen LogP contribution is -2.35. The number of carbonyl (C=O) groups is 2. The second-order valence-corrected chi connectivity index (χ2v) is 4.51. The number of hydrogen-bond acceptors (Lipinski definition) is 3. The highest BCUT2D eigenvalue weighted by Gasteiger charge is 2.37. The largest absolute Gasteiger partial charge is 0.480 e. The van der Waals surface area contributed by atoms with Gasteiger partial charge in [-0.2, -0.15) is 0 Å². The lowest BCUT2D eigenvalue weighted by atomic mass is 10.1. The first kappa shape index (κ1) is 9.38. The van der Waals surface area contributed by atoms with Gasteiger partial charge in [0.2, 0.25) is 5.91 Å². The Morgan fingerprint density at radius 3 is 3.00 bits per heavy atom. The Morgan fingerprint density at radius 1 is 1.75 bits per heavy atom. The van der Waals surface area contributed by atoms with E-state index in [0.29, 0.717) is 12.3 Å². The minimum Gasteiger partial charge on any atom is -0.480 e. The monoisotopic (exact) mass is 189 g/mol. The summed E-state index contributed by atoms with van der Waals surface area (Å²) in [6.07, 6.45) is 0.0625. The number of aliphatic carboxylic acids is 1. The second-order valence-electron chi connectivity index (χ2n) is 2.91. The Labute approximate surface area is 74.7 Å². The molecule has 0 bridgehead atoms. The van der Waals surface area contributed by atoms with Gasteiger partial charge in [-0.3, -0.25) is 9.59 Å². The van der Waals surface area contributed by atoms with Crippen LogP contribution in [0.5, 0.6) is 0 Å². The van der Waals surface area contributed by atoms with Crippen molar-refractivity contribution in [3.63, 3.8) is 0 Å². The first-order chi connectivity index (χ1) is 5.54. The predicted molar refractivity (Wildman–Crippen MR) is 46.1 cm³/mol. The highest BCUT2D eigenvalue weighted by Crippen LogP contribution is 2.30. The van der Waals surface area contributed by atoms with Gasteiger partial charge in [-0.1, -0.05) is 0 Å². The summed E-state index contributed by atoms with van der Waals surface area (Å²) in [5, 5.41) is 11.5. The third-order valence-corrected chi connectivity index (χ3v) is 3.16. The fourth-order valence-corrected chi connectivity index (χ4v) is 2.04. The van der Waals surface area contributed by atoms with Crippen LogP contribution in [-0.2, 0) is 9.59 Å². The van der Waals surface area contributed by atoms with Crippen LogP contribution < -0.4 is 5.32 Å². The Balaban J connectivity index is 2.74. The number of carboxylic acid groups (broad SMARTS) is 1. The van der Waals surface area contributed by atoms with Crippen molar-refractivity contribution in [2.24, 2.45) is 0 Å². The molecule has 1 fully saturated rings. The first-order valence-corrected chi connectivity index (χ1v) is 4.67. The molecule has 68 valence electrons. The lowest BCUT2D eigenvalue weighted by molar-refractivity contribution is -0.141. The van der Waals surface area contributed by atoms with Crippen LogP contribution in [0.4, 0.5) is 0 Å². The summed E-state index contributed by atoms with van der Waals surface area (Å²) in [5.74, 6) is -0.427. The van der Waals surface area contributed by atoms with E-state index < -0.39 is 10.7 Å². The molecule has 0 spiro atoms.